The molecule has 0 spiro atoms. The van der Waals surface area contributed by atoms with Crippen LogP contribution < -0.4 is 5.32 Å². The summed E-state index contributed by atoms with van der Waals surface area (Å²) in [5.41, 5.74) is 2.69. The van der Waals surface area contributed by atoms with Crippen molar-refractivity contribution in [3.05, 3.63) is 71.2 Å². The zero-order chi connectivity index (χ0) is 17.1. The minimum Gasteiger partial charge on any atom is -0.467 e. The lowest BCUT2D eigenvalue weighted by molar-refractivity contribution is 0.0946. The van der Waals surface area contributed by atoms with Gasteiger partial charge in [0.05, 0.1) is 35.4 Å². The molecular formula is C18H18FN3O2. The first-order chi connectivity index (χ1) is 11.6. The number of nitrogens with zero attached hydrogens (tertiary/aromatic N) is 2. The number of nitrogens with one attached hydrogen (secondary N) is 1. The predicted molar refractivity (Wildman–Crippen MR) is 87.5 cm³/mol. The molecule has 0 atom stereocenters. The van der Waals surface area contributed by atoms with Crippen molar-refractivity contribution < 1.29 is 13.6 Å². The minimum absolute atomic E-state index is 0.200. The van der Waals surface area contributed by atoms with Crippen LogP contribution >= 0.6 is 0 Å². The number of benzene rings is 1. The summed E-state index contributed by atoms with van der Waals surface area (Å²) in [5, 5.41) is 7.30. The van der Waals surface area contributed by atoms with Gasteiger partial charge in [0.15, 0.2) is 0 Å². The zero-order valence-corrected chi connectivity index (χ0v) is 13.5. The molecule has 0 aliphatic rings. The van der Waals surface area contributed by atoms with Crippen molar-refractivity contribution in [3.8, 4) is 5.69 Å². The first-order valence-corrected chi connectivity index (χ1v) is 7.75. The summed E-state index contributed by atoms with van der Waals surface area (Å²) in [5.74, 6) is 0.177. The topological polar surface area (TPSA) is 60.1 Å². The van der Waals surface area contributed by atoms with Gasteiger partial charge in [-0.2, -0.15) is 5.10 Å². The molecule has 1 N–H and O–H groups in total. The normalized spacial score (nSPS) is 10.8. The fourth-order valence-corrected chi connectivity index (χ4v) is 2.66. The number of aryl methyl sites for hydroxylation is 1. The van der Waals surface area contributed by atoms with Gasteiger partial charge in [0.1, 0.15) is 11.6 Å². The van der Waals surface area contributed by atoms with Gasteiger partial charge in [-0.05, 0) is 49.7 Å². The van der Waals surface area contributed by atoms with Crippen LogP contribution in [0.1, 0.15) is 34.4 Å². The van der Waals surface area contributed by atoms with Crippen LogP contribution in [-0.4, -0.2) is 15.7 Å². The van der Waals surface area contributed by atoms with Gasteiger partial charge >= 0.3 is 0 Å². The van der Waals surface area contributed by atoms with Gasteiger partial charge in [-0.15, -0.1) is 0 Å². The Balaban J connectivity index is 1.90. The van der Waals surface area contributed by atoms with Crippen molar-refractivity contribution in [2.45, 2.75) is 26.8 Å². The van der Waals surface area contributed by atoms with E-state index in [0.717, 1.165) is 11.4 Å². The van der Waals surface area contributed by atoms with Crippen LogP contribution in [0.2, 0.25) is 0 Å². The first kappa shape index (κ1) is 16.0. The number of hydrogen-bond donors (Lipinski definition) is 1. The number of amides is 1. The Kier molecular flexibility index (Phi) is 4.46. The van der Waals surface area contributed by atoms with Crippen molar-refractivity contribution in [3.63, 3.8) is 0 Å². The molecule has 0 fully saturated rings. The zero-order valence-electron chi connectivity index (χ0n) is 13.5. The number of rotatable bonds is 5. The Hall–Kier alpha value is -2.89. The van der Waals surface area contributed by atoms with E-state index in [9.17, 15) is 9.18 Å². The summed E-state index contributed by atoms with van der Waals surface area (Å²) in [6.07, 6.45) is 2.19. The molecule has 3 aromatic rings. The molecule has 0 radical (unpaired) electrons. The van der Waals surface area contributed by atoms with Crippen LogP contribution in [-0.2, 0) is 13.0 Å². The number of furan rings is 1. The van der Waals surface area contributed by atoms with Crippen LogP contribution in [0.4, 0.5) is 4.39 Å². The van der Waals surface area contributed by atoms with Crippen LogP contribution in [0.25, 0.3) is 5.69 Å². The maximum absolute atomic E-state index is 13.1. The van der Waals surface area contributed by atoms with E-state index in [1.165, 1.54) is 12.1 Å². The SMILES string of the molecule is CCc1c(C(=O)NCc2ccco2)c(C)nn1-c1ccc(F)cc1. The molecule has 0 aliphatic carbocycles. The lowest BCUT2D eigenvalue weighted by Gasteiger charge is -2.08. The molecule has 0 aliphatic heterocycles. The van der Waals surface area contributed by atoms with E-state index in [2.05, 4.69) is 10.4 Å². The van der Waals surface area contributed by atoms with Gasteiger partial charge in [0, 0.05) is 0 Å². The molecule has 2 heterocycles. The molecule has 5 nitrogen and oxygen atoms in total. The van der Waals surface area contributed by atoms with Gasteiger partial charge in [-0.1, -0.05) is 6.92 Å². The highest BCUT2D eigenvalue weighted by atomic mass is 19.1. The van der Waals surface area contributed by atoms with E-state index in [1.807, 2.05) is 6.92 Å². The van der Waals surface area contributed by atoms with Crippen LogP contribution in [0.5, 0.6) is 0 Å². The van der Waals surface area contributed by atoms with Crippen LogP contribution in [0, 0.1) is 12.7 Å². The molecule has 1 amide bonds. The summed E-state index contributed by atoms with van der Waals surface area (Å²) in [6.45, 7) is 4.07. The van der Waals surface area contributed by atoms with Gasteiger partial charge in [-0.25, -0.2) is 9.07 Å². The maximum Gasteiger partial charge on any atom is 0.255 e. The van der Waals surface area contributed by atoms with Gasteiger partial charge in [0.2, 0.25) is 0 Å². The van der Waals surface area contributed by atoms with E-state index in [4.69, 9.17) is 4.42 Å². The number of aromatic nitrogens is 2. The molecule has 0 bridgehead atoms. The Morgan fingerprint density at radius 3 is 2.67 bits per heavy atom. The van der Waals surface area contributed by atoms with Crippen molar-refractivity contribution in [2.75, 3.05) is 0 Å². The summed E-state index contributed by atoms with van der Waals surface area (Å²) in [4.78, 5) is 12.6. The third kappa shape index (κ3) is 3.08. The van der Waals surface area contributed by atoms with Gasteiger partial charge in [-0.3, -0.25) is 4.79 Å². The van der Waals surface area contributed by atoms with Crippen LogP contribution in [0.15, 0.2) is 47.1 Å². The quantitative estimate of drug-likeness (QED) is 0.781. The molecule has 124 valence electrons. The van der Waals surface area contributed by atoms with Crippen molar-refractivity contribution in [1.82, 2.24) is 15.1 Å². The average Bonchev–Trinajstić information content (AvgIpc) is 3.20. The highest BCUT2D eigenvalue weighted by molar-refractivity contribution is 5.96. The third-order valence-electron chi connectivity index (χ3n) is 3.79. The summed E-state index contributed by atoms with van der Waals surface area (Å²) in [6, 6.07) is 9.62. The summed E-state index contributed by atoms with van der Waals surface area (Å²) in [7, 11) is 0. The predicted octanol–water partition coefficient (Wildman–Crippen LogP) is 3.41. The van der Waals surface area contributed by atoms with E-state index in [1.54, 1.807) is 42.1 Å². The third-order valence-corrected chi connectivity index (χ3v) is 3.79. The Bertz CT molecular complexity index is 836. The Morgan fingerprint density at radius 2 is 2.04 bits per heavy atom. The lowest BCUT2D eigenvalue weighted by atomic mass is 10.1. The maximum atomic E-state index is 13.1. The lowest BCUT2D eigenvalue weighted by Crippen LogP contribution is -2.24. The second kappa shape index (κ2) is 6.70. The smallest absolute Gasteiger partial charge is 0.255 e. The summed E-state index contributed by atoms with van der Waals surface area (Å²) < 4.78 is 20.0. The molecule has 0 saturated heterocycles. The van der Waals surface area contributed by atoms with Crippen molar-refractivity contribution in [1.29, 1.82) is 0 Å². The molecular weight excluding hydrogens is 309 g/mol. The minimum atomic E-state index is -0.308. The Labute approximate surface area is 139 Å². The van der Waals surface area contributed by atoms with Gasteiger partial charge in [0.25, 0.3) is 5.91 Å². The summed E-state index contributed by atoms with van der Waals surface area (Å²) >= 11 is 0. The van der Waals surface area contributed by atoms with E-state index in [0.29, 0.717) is 30.0 Å². The Morgan fingerprint density at radius 1 is 1.29 bits per heavy atom. The monoisotopic (exact) mass is 327 g/mol. The molecule has 2 aromatic heterocycles. The number of carbonyl (C=O) groups excluding carboxylic acids is 1. The highest BCUT2D eigenvalue weighted by Crippen LogP contribution is 2.20. The van der Waals surface area contributed by atoms with Crippen molar-refractivity contribution in [2.24, 2.45) is 0 Å². The molecule has 1 aromatic carbocycles. The second-order valence-electron chi connectivity index (χ2n) is 5.41. The highest BCUT2D eigenvalue weighted by Gasteiger charge is 2.21. The van der Waals surface area contributed by atoms with E-state index in [-0.39, 0.29) is 11.7 Å². The molecule has 24 heavy (non-hydrogen) atoms. The van der Waals surface area contributed by atoms with Crippen molar-refractivity contribution >= 4 is 5.91 Å². The van der Waals surface area contributed by atoms with Crippen LogP contribution in [0.3, 0.4) is 0 Å². The van der Waals surface area contributed by atoms with E-state index < -0.39 is 0 Å². The first-order valence-electron chi connectivity index (χ1n) is 7.75. The number of hydrogen-bond acceptors (Lipinski definition) is 3. The van der Waals surface area contributed by atoms with E-state index >= 15 is 0 Å². The molecule has 3 rings (SSSR count). The largest absolute Gasteiger partial charge is 0.467 e. The fourth-order valence-electron chi connectivity index (χ4n) is 2.66. The number of carbonyl (C=O) groups is 1. The number of halogens is 1. The standard InChI is InChI=1S/C18H18FN3O2/c1-3-16-17(18(23)20-11-15-5-4-10-24-15)12(2)21-22(16)14-8-6-13(19)7-9-14/h4-10H,3,11H2,1-2H3,(H,20,23). The molecule has 0 unspecified atom stereocenters. The molecule has 6 heteroatoms. The average molecular weight is 327 g/mol. The second-order valence-corrected chi connectivity index (χ2v) is 5.41. The molecule has 0 saturated carbocycles. The van der Waals surface area contributed by atoms with Gasteiger partial charge < -0.3 is 9.73 Å². The fraction of sp³-hybridized carbons (Fsp3) is 0.222.